The van der Waals surface area contributed by atoms with Gasteiger partial charge in [0, 0.05) is 30.1 Å². The predicted molar refractivity (Wildman–Crippen MR) is 77.6 cm³/mol. The van der Waals surface area contributed by atoms with E-state index in [1.807, 2.05) is 12.3 Å². The van der Waals surface area contributed by atoms with Crippen LogP contribution in [0.15, 0.2) is 41.1 Å². The first-order chi connectivity index (χ1) is 9.43. The number of hydrogen-bond acceptors (Lipinski definition) is 3. The lowest BCUT2D eigenvalue weighted by Crippen LogP contribution is -2.29. The van der Waals surface area contributed by atoms with E-state index in [0.717, 1.165) is 29.6 Å². The molecule has 3 heterocycles. The number of piperidine rings is 1. The fourth-order valence-electron chi connectivity index (χ4n) is 3.07. The molecule has 0 bridgehead atoms. The number of benzene rings is 1. The molecule has 0 radical (unpaired) electrons. The van der Waals surface area contributed by atoms with Gasteiger partial charge in [-0.1, -0.05) is 6.07 Å². The molecule has 2 aromatic heterocycles. The molecule has 1 aromatic carbocycles. The monoisotopic (exact) mass is 252 g/mol. The van der Waals surface area contributed by atoms with Crippen LogP contribution in [0.4, 0.5) is 5.69 Å². The van der Waals surface area contributed by atoms with E-state index in [1.165, 1.54) is 30.3 Å². The third-order valence-corrected chi connectivity index (χ3v) is 3.97. The zero-order valence-corrected chi connectivity index (χ0v) is 10.8. The Hall–Kier alpha value is -2.03. The Bertz CT molecular complexity index is 726. The summed E-state index contributed by atoms with van der Waals surface area (Å²) in [6.45, 7) is 2.24. The van der Waals surface area contributed by atoms with Gasteiger partial charge < -0.3 is 9.32 Å². The maximum atomic E-state index is 5.60. The lowest BCUT2D eigenvalue weighted by atomic mass is 10.1. The number of furan rings is 1. The molecule has 1 fully saturated rings. The van der Waals surface area contributed by atoms with Gasteiger partial charge in [0.15, 0.2) is 0 Å². The topological polar surface area (TPSA) is 29.3 Å². The first kappa shape index (κ1) is 10.9. The van der Waals surface area contributed by atoms with E-state index in [2.05, 4.69) is 28.1 Å². The van der Waals surface area contributed by atoms with Crippen LogP contribution in [0.1, 0.15) is 19.3 Å². The number of rotatable bonds is 1. The Morgan fingerprint density at radius 1 is 1.11 bits per heavy atom. The van der Waals surface area contributed by atoms with Crippen molar-refractivity contribution in [3.05, 3.63) is 36.7 Å². The SMILES string of the molecule is c1cnc2c(N3CCCCC3)c3ccoc3cc2c1. The molecule has 3 heteroatoms. The van der Waals surface area contributed by atoms with Gasteiger partial charge in [-0.2, -0.15) is 0 Å². The standard InChI is InChI=1S/C16H16N2O/c1-2-8-18(9-3-1)16-13-6-10-19-14(13)11-12-5-4-7-17-15(12)16/h4-7,10-11H,1-3,8-9H2. The summed E-state index contributed by atoms with van der Waals surface area (Å²) in [7, 11) is 0. The minimum atomic E-state index is 0.959. The molecule has 19 heavy (non-hydrogen) atoms. The van der Waals surface area contributed by atoms with Crippen molar-refractivity contribution >= 4 is 27.6 Å². The Balaban J connectivity index is 2.04. The van der Waals surface area contributed by atoms with Gasteiger partial charge in [-0.15, -0.1) is 0 Å². The highest BCUT2D eigenvalue weighted by molar-refractivity contribution is 6.08. The number of hydrogen-bond donors (Lipinski definition) is 0. The first-order valence-corrected chi connectivity index (χ1v) is 6.93. The van der Waals surface area contributed by atoms with Crippen LogP contribution in [0, 0.1) is 0 Å². The summed E-state index contributed by atoms with van der Waals surface area (Å²) in [5, 5.41) is 2.35. The van der Waals surface area contributed by atoms with E-state index in [4.69, 9.17) is 4.42 Å². The average molecular weight is 252 g/mol. The van der Waals surface area contributed by atoms with Crippen LogP contribution in [0.3, 0.4) is 0 Å². The van der Waals surface area contributed by atoms with Gasteiger partial charge in [-0.3, -0.25) is 4.98 Å². The average Bonchev–Trinajstić information content (AvgIpc) is 2.93. The smallest absolute Gasteiger partial charge is 0.136 e. The van der Waals surface area contributed by atoms with Crippen LogP contribution in [0.2, 0.25) is 0 Å². The molecule has 0 saturated carbocycles. The van der Waals surface area contributed by atoms with Crippen molar-refractivity contribution in [1.29, 1.82) is 0 Å². The molecule has 0 aliphatic carbocycles. The number of nitrogens with zero attached hydrogens (tertiary/aromatic N) is 2. The minimum absolute atomic E-state index is 0.959. The summed E-state index contributed by atoms with van der Waals surface area (Å²) >= 11 is 0. The predicted octanol–water partition coefficient (Wildman–Crippen LogP) is 3.97. The highest BCUT2D eigenvalue weighted by atomic mass is 16.3. The molecule has 3 aromatic rings. The van der Waals surface area contributed by atoms with Gasteiger partial charge in [0.2, 0.25) is 0 Å². The van der Waals surface area contributed by atoms with Crippen LogP contribution in [-0.2, 0) is 0 Å². The molecule has 0 N–H and O–H groups in total. The normalized spacial score (nSPS) is 16.3. The van der Waals surface area contributed by atoms with Gasteiger partial charge in [0.05, 0.1) is 17.5 Å². The molecule has 1 saturated heterocycles. The zero-order valence-electron chi connectivity index (χ0n) is 10.8. The lowest BCUT2D eigenvalue weighted by Gasteiger charge is -2.29. The minimum Gasteiger partial charge on any atom is -0.464 e. The quantitative estimate of drug-likeness (QED) is 0.656. The lowest BCUT2D eigenvalue weighted by molar-refractivity contribution is 0.579. The zero-order chi connectivity index (χ0) is 12.7. The highest BCUT2D eigenvalue weighted by Crippen LogP contribution is 2.36. The van der Waals surface area contributed by atoms with Crippen LogP contribution >= 0.6 is 0 Å². The second-order valence-electron chi connectivity index (χ2n) is 5.18. The number of pyridine rings is 1. The fraction of sp³-hybridized carbons (Fsp3) is 0.312. The van der Waals surface area contributed by atoms with Crippen molar-refractivity contribution in [1.82, 2.24) is 4.98 Å². The second kappa shape index (κ2) is 4.26. The number of aromatic nitrogens is 1. The molecular formula is C16H16N2O. The molecule has 3 nitrogen and oxygen atoms in total. The summed E-state index contributed by atoms with van der Waals surface area (Å²) in [5.41, 5.74) is 3.31. The van der Waals surface area contributed by atoms with Gasteiger partial charge in [0.1, 0.15) is 5.58 Å². The van der Waals surface area contributed by atoms with Crippen molar-refractivity contribution in [3.8, 4) is 0 Å². The Kier molecular flexibility index (Phi) is 2.44. The van der Waals surface area contributed by atoms with E-state index in [-0.39, 0.29) is 0 Å². The largest absolute Gasteiger partial charge is 0.464 e. The van der Waals surface area contributed by atoms with Crippen molar-refractivity contribution in [2.24, 2.45) is 0 Å². The van der Waals surface area contributed by atoms with Crippen molar-refractivity contribution < 1.29 is 4.42 Å². The first-order valence-electron chi connectivity index (χ1n) is 6.93. The number of fused-ring (bicyclic) bond motifs is 2. The van der Waals surface area contributed by atoms with Crippen LogP contribution in [-0.4, -0.2) is 18.1 Å². The van der Waals surface area contributed by atoms with E-state index < -0.39 is 0 Å². The summed E-state index contributed by atoms with van der Waals surface area (Å²) in [4.78, 5) is 7.07. The summed E-state index contributed by atoms with van der Waals surface area (Å²) in [6.07, 6.45) is 7.52. The van der Waals surface area contributed by atoms with Crippen LogP contribution in [0.25, 0.3) is 21.9 Å². The maximum Gasteiger partial charge on any atom is 0.136 e. The highest BCUT2D eigenvalue weighted by Gasteiger charge is 2.18. The molecule has 96 valence electrons. The van der Waals surface area contributed by atoms with Gasteiger partial charge in [-0.25, -0.2) is 0 Å². The Labute approximate surface area is 111 Å². The summed E-state index contributed by atoms with van der Waals surface area (Å²) in [6, 6.07) is 8.24. The molecule has 0 amide bonds. The van der Waals surface area contributed by atoms with E-state index in [0.29, 0.717) is 0 Å². The Morgan fingerprint density at radius 2 is 2.00 bits per heavy atom. The summed E-state index contributed by atoms with van der Waals surface area (Å²) < 4.78 is 5.60. The Morgan fingerprint density at radius 3 is 2.89 bits per heavy atom. The third kappa shape index (κ3) is 1.69. The van der Waals surface area contributed by atoms with Crippen molar-refractivity contribution in [2.75, 3.05) is 18.0 Å². The van der Waals surface area contributed by atoms with Gasteiger partial charge in [-0.05, 0) is 37.5 Å². The van der Waals surface area contributed by atoms with E-state index in [1.54, 1.807) is 6.26 Å². The van der Waals surface area contributed by atoms with Crippen molar-refractivity contribution in [3.63, 3.8) is 0 Å². The third-order valence-electron chi connectivity index (χ3n) is 3.97. The molecule has 0 spiro atoms. The van der Waals surface area contributed by atoms with E-state index >= 15 is 0 Å². The number of anilines is 1. The second-order valence-corrected chi connectivity index (χ2v) is 5.18. The molecule has 4 rings (SSSR count). The summed E-state index contributed by atoms with van der Waals surface area (Å²) in [5.74, 6) is 0. The van der Waals surface area contributed by atoms with E-state index in [9.17, 15) is 0 Å². The van der Waals surface area contributed by atoms with Crippen LogP contribution < -0.4 is 4.90 Å². The fourth-order valence-corrected chi connectivity index (χ4v) is 3.07. The van der Waals surface area contributed by atoms with Gasteiger partial charge >= 0.3 is 0 Å². The van der Waals surface area contributed by atoms with Crippen molar-refractivity contribution in [2.45, 2.75) is 19.3 Å². The van der Waals surface area contributed by atoms with Gasteiger partial charge in [0.25, 0.3) is 0 Å². The molecule has 1 aliphatic heterocycles. The molecular weight excluding hydrogens is 236 g/mol. The van der Waals surface area contributed by atoms with Crippen LogP contribution in [0.5, 0.6) is 0 Å². The molecule has 0 atom stereocenters. The molecule has 1 aliphatic rings. The molecule has 0 unspecified atom stereocenters. The maximum absolute atomic E-state index is 5.60.